The molecule has 0 aliphatic heterocycles. The Kier molecular flexibility index (Phi) is 7.29. The molecule has 2 aromatic rings. The number of nitrogens with one attached hydrogen (secondary N) is 1. The maximum Gasteiger partial charge on any atom is 0.277 e. The number of halogens is 2. The maximum atomic E-state index is 11.8. The molecular formula is C19H20Cl2N2O2. The lowest BCUT2D eigenvalue weighted by atomic mass is 9.99. The Morgan fingerprint density at radius 2 is 1.96 bits per heavy atom. The van der Waals surface area contributed by atoms with Crippen molar-refractivity contribution in [3.05, 3.63) is 63.6 Å². The van der Waals surface area contributed by atoms with E-state index in [2.05, 4.69) is 24.4 Å². The fourth-order valence-electron chi connectivity index (χ4n) is 2.09. The molecule has 0 aromatic heterocycles. The van der Waals surface area contributed by atoms with Crippen molar-refractivity contribution in [2.45, 2.75) is 26.2 Å². The average molecular weight is 379 g/mol. The summed E-state index contributed by atoms with van der Waals surface area (Å²) in [5.41, 5.74) is 4.31. The van der Waals surface area contributed by atoms with Crippen molar-refractivity contribution in [1.29, 1.82) is 0 Å². The highest BCUT2D eigenvalue weighted by Crippen LogP contribution is 2.21. The van der Waals surface area contributed by atoms with E-state index < -0.39 is 0 Å². The molecule has 0 saturated carbocycles. The van der Waals surface area contributed by atoms with Gasteiger partial charge in [0.2, 0.25) is 0 Å². The monoisotopic (exact) mass is 378 g/mol. The molecule has 1 atom stereocenters. The highest BCUT2D eigenvalue weighted by molar-refractivity contribution is 6.36. The maximum absolute atomic E-state index is 11.8. The van der Waals surface area contributed by atoms with Crippen molar-refractivity contribution in [1.82, 2.24) is 5.43 Å². The molecule has 0 bridgehead atoms. The van der Waals surface area contributed by atoms with Crippen LogP contribution in [-0.2, 0) is 4.79 Å². The highest BCUT2D eigenvalue weighted by atomic mass is 35.5. The van der Waals surface area contributed by atoms with E-state index in [4.69, 9.17) is 27.9 Å². The Labute approximate surface area is 157 Å². The fourth-order valence-corrected chi connectivity index (χ4v) is 2.55. The van der Waals surface area contributed by atoms with Gasteiger partial charge in [-0.25, -0.2) is 5.43 Å². The molecule has 1 N–H and O–H groups in total. The van der Waals surface area contributed by atoms with Crippen LogP contribution in [0, 0.1) is 0 Å². The number of carbonyl (C=O) groups is 1. The van der Waals surface area contributed by atoms with Gasteiger partial charge in [-0.15, -0.1) is 0 Å². The first-order valence-electron chi connectivity index (χ1n) is 7.99. The lowest BCUT2D eigenvalue weighted by Gasteiger charge is -2.10. The van der Waals surface area contributed by atoms with E-state index in [0.29, 0.717) is 27.3 Å². The van der Waals surface area contributed by atoms with E-state index in [0.717, 1.165) is 6.42 Å². The van der Waals surface area contributed by atoms with E-state index in [1.54, 1.807) is 18.2 Å². The minimum absolute atomic E-state index is 0.117. The van der Waals surface area contributed by atoms with E-state index in [-0.39, 0.29) is 12.5 Å². The zero-order chi connectivity index (χ0) is 18.2. The third-order valence-corrected chi connectivity index (χ3v) is 4.35. The third-order valence-electron chi connectivity index (χ3n) is 3.79. The number of hydrogen-bond donors (Lipinski definition) is 1. The minimum Gasteiger partial charge on any atom is -0.484 e. The normalized spacial score (nSPS) is 12.2. The van der Waals surface area contributed by atoms with Crippen LogP contribution in [0.1, 0.15) is 37.3 Å². The molecule has 6 heteroatoms. The highest BCUT2D eigenvalue weighted by Gasteiger charge is 2.05. The molecule has 0 unspecified atom stereocenters. The molecule has 0 saturated heterocycles. The van der Waals surface area contributed by atoms with Crippen molar-refractivity contribution in [3.8, 4) is 5.75 Å². The van der Waals surface area contributed by atoms with Gasteiger partial charge in [0.1, 0.15) is 5.75 Å². The van der Waals surface area contributed by atoms with Gasteiger partial charge in [-0.3, -0.25) is 4.79 Å². The number of benzene rings is 2. The van der Waals surface area contributed by atoms with Gasteiger partial charge >= 0.3 is 0 Å². The van der Waals surface area contributed by atoms with Crippen molar-refractivity contribution >= 4 is 35.3 Å². The van der Waals surface area contributed by atoms with Gasteiger partial charge in [-0.1, -0.05) is 55.2 Å². The molecule has 0 fully saturated rings. The van der Waals surface area contributed by atoms with Crippen LogP contribution < -0.4 is 10.2 Å². The molecule has 2 rings (SSSR count). The first-order chi connectivity index (χ1) is 12.0. The summed E-state index contributed by atoms with van der Waals surface area (Å²) in [4.78, 5) is 11.8. The second kappa shape index (κ2) is 9.44. The van der Waals surface area contributed by atoms with Crippen molar-refractivity contribution in [2.75, 3.05) is 6.61 Å². The molecule has 0 spiro atoms. The van der Waals surface area contributed by atoms with Crippen LogP contribution >= 0.6 is 23.2 Å². The van der Waals surface area contributed by atoms with E-state index in [1.807, 2.05) is 24.3 Å². The van der Waals surface area contributed by atoms with Crippen LogP contribution in [0.2, 0.25) is 10.0 Å². The molecule has 0 aliphatic carbocycles. The Morgan fingerprint density at radius 1 is 1.24 bits per heavy atom. The molecule has 4 nitrogen and oxygen atoms in total. The number of amides is 1. The van der Waals surface area contributed by atoms with Crippen molar-refractivity contribution < 1.29 is 9.53 Å². The first kappa shape index (κ1) is 19.3. The molecule has 0 aliphatic rings. The zero-order valence-corrected chi connectivity index (χ0v) is 15.6. The summed E-state index contributed by atoms with van der Waals surface area (Å²) >= 11 is 11.8. The Bertz CT molecular complexity index is 746. The van der Waals surface area contributed by atoms with E-state index in [9.17, 15) is 4.79 Å². The number of hydrogen-bond acceptors (Lipinski definition) is 3. The fraction of sp³-hybridized carbons (Fsp3) is 0.263. The standard InChI is InChI=1S/C19H20Cl2N2O2/c1-3-13(2)14-5-8-17(9-6-14)25-12-19(24)23-22-11-15-4-7-16(20)10-18(15)21/h4-11,13H,3,12H2,1-2H3,(H,23,24)/b22-11-/t13-/m1/s1. The Morgan fingerprint density at radius 3 is 2.60 bits per heavy atom. The summed E-state index contributed by atoms with van der Waals surface area (Å²) in [6.45, 7) is 4.21. The quantitative estimate of drug-likeness (QED) is 0.542. The zero-order valence-electron chi connectivity index (χ0n) is 14.1. The lowest BCUT2D eigenvalue weighted by Crippen LogP contribution is -2.24. The van der Waals surface area contributed by atoms with Crippen LogP contribution in [-0.4, -0.2) is 18.7 Å². The number of ether oxygens (including phenoxy) is 1. The second-order valence-corrected chi connectivity index (χ2v) is 6.47. The molecule has 1 amide bonds. The summed E-state index contributed by atoms with van der Waals surface area (Å²) in [7, 11) is 0. The molecule has 132 valence electrons. The van der Waals surface area contributed by atoms with Crippen LogP contribution in [0.15, 0.2) is 47.6 Å². The van der Waals surface area contributed by atoms with Crippen LogP contribution in [0.4, 0.5) is 0 Å². The van der Waals surface area contributed by atoms with Gasteiger partial charge in [0, 0.05) is 10.6 Å². The first-order valence-corrected chi connectivity index (χ1v) is 8.75. The summed E-state index contributed by atoms with van der Waals surface area (Å²) in [6.07, 6.45) is 2.54. The largest absolute Gasteiger partial charge is 0.484 e. The summed E-state index contributed by atoms with van der Waals surface area (Å²) in [6, 6.07) is 12.8. The Hall–Kier alpha value is -2.04. The number of carbonyl (C=O) groups excluding carboxylic acids is 1. The topological polar surface area (TPSA) is 50.7 Å². The number of nitrogens with zero attached hydrogens (tertiary/aromatic N) is 1. The van der Waals surface area contributed by atoms with Gasteiger partial charge in [0.25, 0.3) is 5.91 Å². The predicted octanol–water partition coefficient (Wildman–Crippen LogP) is 5.04. The Balaban J connectivity index is 1.81. The van der Waals surface area contributed by atoms with Crippen molar-refractivity contribution in [2.24, 2.45) is 5.10 Å². The SMILES string of the molecule is CC[C@@H](C)c1ccc(OCC(=O)N/N=C\c2ccc(Cl)cc2Cl)cc1. The van der Waals surface area contributed by atoms with Gasteiger partial charge in [-0.2, -0.15) is 5.10 Å². The smallest absolute Gasteiger partial charge is 0.277 e. The summed E-state index contributed by atoms with van der Waals surface area (Å²) in [5.74, 6) is 0.797. The summed E-state index contributed by atoms with van der Waals surface area (Å²) < 4.78 is 5.45. The second-order valence-electron chi connectivity index (χ2n) is 5.63. The molecular weight excluding hydrogens is 359 g/mol. The molecule has 0 radical (unpaired) electrons. The average Bonchev–Trinajstić information content (AvgIpc) is 2.61. The minimum atomic E-state index is -0.354. The predicted molar refractivity (Wildman–Crippen MR) is 103 cm³/mol. The third kappa shape index (κ3) is 6.07. The van der Waals surface area contributed by atoms with E-state index in [1.165, 1.54) is 11.8 Å². The summed E-state index contributed by atoms with van der Waals surface area (Å²) in [5, 5.41) is 4.86. The van der Waals surface area contributed by atoms with Gasteiger partial charge in [-0.05, 0) is 42.2 Å². The number of rotatable bonds is 7. The van der Waals surface area contributed by atoms with Gasteiger partial charge in [0.05, 0.1) is 11.2 Å². The van der Waals surface area contributed by atoms with Gasteiger partial charge in [0.15, 0.2) is 6.61 Å². The molecule has 25 heavy (non-hydrogen) atoms. The molecule has 0 heterocycles. The van der Waals surface area contributed by atoms with Crippen LogP contribution in [0.25, 0.3) is 0 Å². The molecule has 2 aromatic carbocycles. The van der Waals surface area contributed by atoms with Crippen LogP contribution in [0.3, 0.4) is 0 Å². The lowest BCUT2D eigenvalue weighted by molar-refractivity contribution is -0.123. The van der Waals surface area contributed by atoms with Crippen molar-refractivity contribution in [3.63, 3.8) is 0 Å². The van der Waals surface area contributed by atoms with Gasteiger partial charge < -0.3 is 4.74 Å². The number of hydrazone groups is 1. The van der Waals surface area contributed by atoms with E-state index >= 15 is 0 Å². The van der Waals surface area contributed by atoms with Crippen LogP contribution in [0.5, 0.6) is 5.75 Å².